The maximum absolute atomic E-state index is 5.21. The molecule has 4 aromatic carbocycles. The first-order valence-electron chi connectivity index (χ1n) is 13.6. The van der Waals surface area contributed by atoms with Crippen LogP contribution in [0.4, 0.5) is 0 Å². The van der Waals surface area contributed by atoms with Crippen LogP contribution in [0.2, 0.25) is 0 Å². The number of fused-ring (bicyclic) bond motifs is 1. The molecule has 7 rings (SSSR count). The zero-order valence-corrected chi connectivity index (χ0v) is 22.6. The lowest BCUT2D eigenvalue weighted by atomic mass is 9.98. The van der Waals surface area contributed by atoms with E-state index in [-0.39, 0.29) is 0 Å². The molecule has 0 spiro atoms. The quantitative estimate of drug-likeness (QED) is 0.224. The molecular weight excluding hydrogens is 500 g/mol. The van der Waals surface area contributed by atoms with Crippen LogP contribution in [0.5, 0.6) is 0 Å². The topological polar surface area (TPSA) is 51.6 Å². The average Bonchev–Trinajstić information content (AvgIpc) is 3.05. The van der Waals surface area contributed by atoms with Gasteiger partial charge in [-0.1, -0.05) is 78.4 Å². The predicted octanol–water partition coefficient (Wildman–Crippen LogP) is 9.06. The van der Waals surface area contributed by atoms with E-state index >= 15 is 0 Å². The Morgan fingerprint density at radius 1 is 0.439 bits per heavy atom. The van der Waals surface area contributed by atoms with Crippen molar-refractivity contribution in [3.05, 3.63) is 145 Å². The van der Waals surface area contributed by atoms with Crippen molar-refractivity contribution in [2.75, 3.05) is 0 Å². The second-order valence-corrected chi connectivity index (χ2v) is 10.1. The van der Waals surface area contributed by atoms with Gasteiger partial charge in [-0.3, -0.25) is 9.97 Å². The van der Waals surface area contributed by atoms with E-state index in [0.29, 0.717) is 5.82 Å². The Kier molecular flexibility index (Phi) is 6.34. The molecule has 0 bridgehead atoms. The molecule has 0 atom stereocenters. The van der Waals surface area contributed by atoms with Gasteiger partial charge in [-0.05, 0) is 72.6 Å². The van der Waals surface area contributed by atoms with Crippen molar-refractivity contribution in [2.24, 2.45) is 0 Å². The van der Waals surface area contributed by atoms with Crippen LogP contribution in [0, 0.1) is 6.92 Å². The van der Waals surface area contributed by atoms with Gasteiger partial charge < -0.3 is 0 Å². The minimum atomic E-state index is 0.661. The first-order valence-corrected chi connectivity index (χ1v) is 13.6. The second kappa shape index (κ2) is 10.6. The number of aryl methyl sites for hydroxylation is 1. The van der Waals surface area contributed by atoms with Crippen molar-refractivity contribution in [2.45, 2.75) is 6.92 Å². The van der Waals surface area contributed by atoms with E-state index in [0.717, 1.165) is 55.8 Å². The molecule has 0 aliphatic rings. The SMILES string of the molecule is Cc1ccc(-c2ccc3nc(-c4cc(-c5ccccn5)cc(-c5ccccn5)c4)nc(-c4ccccc4)c3c2)cc1. The summed E-state index contributed by atoms with van der Waals surface area (Å²) in [5, 5.41) is 1.02. The first kappa shape index (κ1) is 24.6. The minimum Gasteiger partial charge on any atom is -0.256 e. The smallest absolute Gasteiger partial charge is 0.160 e. The van der Waals surface area contributed by atoms with Gasteiger partial charge in [0.25, 0.3) is 0 Å². The van der Waals surface area contributed by atoms with Gasteiger partial charge in [-0.15, -0.1) is 0 Å². The van der Waals surface area contributed by atoms with Gasteiger partial charge in [-0.25, -0.2) is 9.97 Å². The van der Waals surface area contributed by atoms with E-state index in [4.69, 9.17) is 9.97 Å². The van der Waals surface area contributed by atoms with Gasteiger partial charge >= 0.3 is 0 Å². The zero-order chi connectivity index (χ0) is 27.6. The number of rotatable bonds is 5. The number of benzene rings is 4. The summed E-state index contributed by atoms with van der Waals surface area (Å²) in [7, 11) is 0. The van der Waals surface area contributed by atoms with Crippen molar-refractivity contribution < 1.29 is 0 Å². The monoisotopic (exact) mass is 526 g/mol. The van der Waals surface area contributed by atoms with Crippen LogP contribution in [0.15, 0.2) is 140 Å². The summed E-state index contributed by atoms with van der Waals surface area (Å²) in [4.78, 5) is 19.5. The zero-order valence-electron chi connectivity index (χ0n) is 22.6. The molecule has 0 N–H and O–H groups in total. The largest absolute Gasteiger partial charge is 0.256 e. The van der Waals surface area contributed by atoms with Crippen LogP contribution >= 0.6 is 0 Å². The van der Waals surface area contributed by atoms with Crippen molar-refractivity contribution in [3.63, 3.8) is 0 Å². The van der Waals surface area contributed by atoms with Gasteiger partial charge in [0, 0.05) is 40.0 Å². The lowest BCUT2D eigenvalue weighted by Crippen LogP contribution is -1.97. The second-order valence-electron chi connectivity index (χ2n) is 10.1. The van der Waals surface area contributed by atoms with Gasteiger partial charge in [0.2, 0.25) is 0 Å². The number of aromatic nitrogens is 4. The molecule has 4 heteroatoms. The van der Waals surface area contributed by atoms with E-state index in [1.807, 2.05) is 67.0 Å². The summed E-state index contributed by atoms with van der Waals surface area (Å²) in [6.07, 6.45) is 3.63. The lowest BCUT2D eigenvalue weighted by Gasteiger charge is -2.13. The lowest BCUT2D eigenvalue weighted by molar-refractivity contribution is 1.23. The Bertz CT molecular complexity index is 1910. The molecule has 4 nitrogen and oxygen atoms in total. The van der Waals surface area contributed by atoms with Crippen LogP contribution in [-0.4, -0.2) is 19.9 Å². The number of pyridine rings is 2. The molecule has 0 amide bonds. The molecule has 0 fully saturated rings. The Morgan fingerprint density at radius 2 is 1.05 bits per heavy atom. The molecule has 41 heavy (non-hydrogen) atoms. The molecule has 0 radical (unpaired) electrons. The Balaban J connectivity index is 1.45. The highest BCUT2D eigenvalue weighted by Crippen LogP contribution is 2.35. The highest BCUT2D eigenvalue weighted by atomic mass is 14.9. The van der Waals surface area contributed by atoms with E-state index in [2.05, 4.69) is 89.7 Å². The average molecular weight is 527 g/mol. The molecule has 0 aliphatic carbocycles. The predicted molar refractivity (Wildman–Crippen MR) is 167 cm³/mol. The number of hydrogen-bond donors (Lipinski definition) is 0. The third kappa shape index (κ3) is 4.99. The van der Waals surface area contributed by atoms with Gasteiger partial charge in [-0.2, -0.15) is 0 Å². The molecule has 7 aromatic rings. The number of nitrogens with zero attached hydrogens (tertiary/aromatic N) is 4. The number of hydrogen-bond acceptors (Lipinski definition) is 4. The maximum Gasteiger partial charge on any atom is 0.160 e. The van der Waals surface area contributed by atoms with Crippen LogP contribution in [-0.2, 0) is 0 Å². The fraction of sp³-hybridized carbons (Fsp3) is 0.0270. The van der Waals surface area contributed by atoms with Gasteiger partial charge in [0.1, 0.15) is 0 Å². The minimum absolute atomic E-state index is 0.661. The van der Waals surface area contributed by atoms with Crippen molar-refractivity contribution in [1.29, 1.82) is 0 Å². The van der Waals surface area contributed by atoms with E-state index in [1.54, 1.807) is 0 Å². The van der Waals surface area contributed by atoms with E-state index < -0.39 is 0 Å². The van der Waals surface area contributed by atoms with E-state index in [1.165, 1.54) is 11.1 Å². The molecule has 0 saturated heterocycles. The molecular formula is C37H26N4. The molecule has 0 aliphatic heterocycles. The Labute approximate surface area is 239 Å². The molecule has 3 aromatic heterocycles. The Morgan fingerprint density at radius 3 is 1.68 bits per heavy atom. The van der Waals surface area contributed by atoms with Gasteiger partial charge in [0.15, 0.2) is 5.82 Å². The molecule has 0 saturated carbocycles. The summed E-state index contributed by atoms with van der Waals surface area (Å²) in [6, 6.07) is 43.6. The third-order valence-corrected chi connectivity index (χ3v) is 7.24. The summed E-state index contributed by atoms with van der Waals surface area (Å²) < 4.78 is 0. The summed E-state index contributed by atoms with van der Waals surface area (Å²) >= 11 is 0. The summed E-state index contributed by atoms with van der Waals surface area (Å²) in [6.45, 7) is 2.11. The molecule has 194 valence electrons. The normalized spacial score (nSPS) is 11.0. The summed E-state index contributed by atoms with van der Waals surface area (Å²) in [5.41, 5.74) is 11.1. The van der Waals surface area contributed by atoms with Gasteiger partial charge in [0.05, 0.1) is 22.6 Å². The van der Waals surface area contributed by atoms with Crippen molar-refractivity contribution in [1.82, 2.24) is 19.9 Å². The standard InChI is InChI=1S/C37H26N4/c1-25-13-15-26(16-14-25)28-17-18-35-32(24-28)36(27-9-3-2-4-10-27)41-37(40-35)31-22-29(33-11-5-7-19-38-33)21-30(23-31)34-12-6-8-20-39-34/h2-24H,1H3. The summed E-state index contributed by atoms with van der Waals surface area (Å²) in [5.74, 6) is 0.661. The molecule has 3 heterocycles. The fourth-order valence-corrected chi connectivity index (χ4v) is 5.12. The highest BCUT2D eigenvalue weighted by molar-refractivity contribution is 5.96. The van der Waals surface area contributed by atoms with E-state index in [9.17, 15) is 0 Å². The van der Waals surface area contributed by atoms with Crippen LogP contribution in [0.25, 0.3) is 67.2 Å². The van der Waals surface area contributed by atoms with Crippen LogP contribution in [0.1, 0.15) is 5.56 Å². The first-order chi connectivity index (χ1) is 20.2. The third-order valence-electron chi connectivity index (χ3n) is 7.24. The van der Waals surface area contributed by atoms with Crippen molar-refractivity contribution >= 4 is 10.9 Å². The fourth-order valence-electron chi connectivity index (χ4n) is 5.12. The molecule has 0 unspecified atom stereocenters. The maximum atomic E-state index is 5.21. The Hall–Kier alpha value is -5.48. The van der Waals surface area contributed by atoms with Crippen molar-refractivity contribution in [3.8, 4) is 56.3 Å². The highest BCUT2D eigenvalue weighted by Gasteiger charge is 2.15. The van der Waals surface area contributed by atoms with Crippen LogP contribution < -0.4 is 0 Å². The van der Waals surface area contributed by atoms with Crippen LogP contribution in [0.3, 0.4) is 0 Å².